The lowest BCUT2D eigenvalue weighted by atomic mass is 10.4. The highest BCUT2D eigenvalue weighted by atomic mass is 16.4. The van der Waals surface area contributed by atoms with Gasteiger partial charge in [-0.3, -0.25) is 0 Å². The van der Waals surface area contributed by atoms with Crippen molar-refractivity contribution in [2.24, 2.45) is 0 Å². The molecule has 0 unspecified atom stereocenters. The molecule has 0 aliphatic rings. The van der Waals surface area contributed by atoms with E-state index in [1.807, 2.05) is 13.8 Å². The number of hydrogen-bond donors (Lipinski definition) is 2. The van der Waals surface area contributed by atoms with Crippen molar-refractivity contribution in [2.45, 2.75) is 13.8 Å². The molecule has 16 heavy (non-hydrogen) atoms. The van der Waals surface area contributed by atoms with Crippen LogP contribution in [-0.2, 0) is 0 Å². The summed E-state index contributed by atoms with van der Waals surface area (Å²) in [6, 6.07) is 3.22. The highest BCUT2D eigenvalue weighted by Crippen LogP contribution is 2.13. The zero-order valence-corrected chi connectivity index (χ0v) is 9.06. The first-order valence-corrected chi connectivity index (χ1v) is 4.96. The molecule has 0 bridgehead atoms. The number of rotatable bonds is 3. The van der Waals surface area contributed by atoms with Crippen LogP contribution in [-0.4, -0.2) is 32.2 Å². The molecule has 0 fully saturated rings. The maximum Gasteiger partial charge on any atom is 0.354 e. The van der Waals surface area contributed by atoms with Gasteiger partial charge in [-0.25, -0.2) is 9.78 Å². The smallest absolute Gasteiger partial charge is 0.354 e. The van der Waals surface area contributed by atoms with E-state index in [0.717, 1.165) is 5.69 Å². The Morgan fingerprint density at radius 1 is 1.56 bits per heavy atom. The van der Waals surface area contributed by atoms with E-state index in [-0.39, 0.29) is 5.69 Å². The van der Waals surface area contributed by atoms with Gasteiger partial charge in [0.15, 0.2) is 11.3 Å². The van der Waals surface area contributed by atoms with Gasteiger partial charge in [0.05, 0.1) is 5.69 Å². The third-order valence-electron chi connectivity index (χ3n) is 2.13. The molecule has 2 heterocycles. The monoisotopic (exact) mass is 220 g/mol. The maximum atomic E-state index is 10.9. The van der Waals surface area contributed by atoms with Crippen molar-refractivity contribution < 1.29 is 9.90 Å². The zero-order chi connectivity index (χ0) is 11.7. The van der Waals surface area contributed by atoms with Crippen LogP contribution in [0, 0.1) is 6.92 Å². The predicted octanol–water partition coefficient (Wildman–Crippen LogP) is 1.17. The Bertz CT molecular complexity index is 547. The molecule has 0 radical (unpaired) electrons. The lowest BCUT2D eigenvalue weighted by Crippen LogP contribution is -2.09. The number of fused-ring (bicyclic) bond motifs is 1. The van der Waals surface area contributed by atoms with Gasteiger partial charge < -0.3 is 10.4 Å². The van der Waals surface area contributed by atoms with E-state index in [0.29, 0.717) is 18.0 Å². The normalized spacial score (nSPS) is 10.6. The highest BCUT2D eigenvalue weighted by molar-refractivity contribution is 5.87. The van der Waals surface area contributed by atoms with Gasteiger partial charge in [0, 0.05) is 18.7 Å². The van der Waals surface area contributed by atoms with Crippen molar-refractivity contribution in [2.75, 3.05) is 11.9 Å². The summed E-state index contributed by atoms with van der Waals surface area (Å²) in [6.07, 6.45) is 0. The third kappa shape index (κ3) is 1.69. The van der Waals surface area contributed by atoms with E-state index in [9.17, 15) is 4.79 Å². The van der Waals surface area contributed by atoms with Gasteiger partial charge >= 0.3 is 5.97 Å². The number of carboxylic acids is 1. The van der Waals surface area contributed by atoms with E-state index < -0.39 is 5.97 Å². The third-order valence-corrected chi connectivity index (χ3v) is 2.13. The van der Waals surface area contributed by atoms with Gasteiger partial charge in [0.1, 0.15) is 5.82 Å². The fourth-order valence-electron chi connectivity index (χ4n) is 1.51. The number of carbonyl (C=O) groups is 1. The van der Waals surface area contributed by atoms with Crippen LogP contribution in [0.5, 0.6) is 0 Å². The topological polar surface area (TPSA) is 79.5 Å². The molecule has 2 aromatic heterocycles. The molecular formula is C10H12N4O2. The highest BCUT2D eigenvalue weighted by Gasteiger charge is 2.11. The Morgan fingerprint density at radius 2 is 2.31 bits per heavy atom. The van der Waals surface area contributed by atoms with Crippen LogP contribution < -0.4 is 5.32 Å². The minimum absolute atomic E-state index is 0.0170. The van der Waals surface area contributed by atoms with Crippen LogP contribution in [0.4, 0.5) is 5.82 Å². The number of aryl methyl sites for hydroxylation is 1. The molecule has 0 aliphatic carbocycles. The van der Waals surface area contributed by atoms with E-state index >= 15 is 0 Å². The van der Waals surface area contributed by atoms with Crippen LogP contribution in [0.1, 0.15) is 23.1 Å². The van der Waals surface area contributed by atoms with Crippen molar-refractivity contribution in [3.63, 3.8) is 0 Å². The largest absolute Gasteiger partial charge is 0.477 e. The van der Waals surface area contributed by atoms with Crippen LogP contribution >= 0.6 is 0 Å². The molecule has 6 heteroatoms. The molecule has 0 atom stereocenters. The summed E-state index contributed by atoms with van der Waals surface area (Å²) in [6.45, 7) is 4.46. The lowest BCUT2D eigenvalue weighted by Gasteiger charge is -2.06. The first-order valence-electron chi connectivity index (χ1n) is 4.96. The minimum atomic E-state index is -1.04. The number of hydrogen-bond acceptors (Lipinski definition) is 4. The summed E-state index contributed by atoms with van der Waals surface area (Å²) in [7, 11) is 0. The molecule has 0 aliphatic heterocycles. The van der Waals surface area contributed by atoms with Crippen molar-refractivity contribution in [3.8, 4) is 0 Å². The van der Waals surface area contributed by atoms with E-state index in [1.54, 1.807) is 10.6 Å². The molecule has 0 saturated carbocycles. The van der Waals surface area contributed by atoms with E-state index in [2.05, 4.69) is 15.4 Å². The van der Waals surface area contributed by atoms with Crippen LogP contribution in [0.2, 0.25) is 0 Å². The molecule has 84 valence electrons. The molecule has 2 aromatic rings. The van der Waals surface area contributed by atoms with Gasteiger partial charge in [-0.1, -0.05) is 0 Å². The number of anilines is 1. The Hall–Kier alpha value is -2.11. The average Bonchev–Trinajstić information content (AvgIpc) is 2.58. The van der Waals surface area contributed by atoms with Crippen LogP contribution in [0.15, 0.2) is 12.1 Å². The first kappa shape index (κ1) is 10.4. The number of nitrogens with zero attached hydrogens (tertiary/aromatic N) is 3. The van der Waals surface area contributed by atoms with Crippen molar-refractivity contribution >= 4 is 17.4 Å². The summed E-state index contributed by atoms with van der Waals surface area (Å²) < 4.78 is 1.60. The first-order chi connectivity index (χ1) is 7.61. The second-order valence-electron chi connectivity index (χ2n) is 3.42. The quantitative estimate of drug-likeness (QED) is 0.811. The van der Waals surface area contributed by atoms with Gasteiger partial charge in [0.2, 0.25) is 0 Å². The molecule has 0 aromatic carbocycles. The molecule has 2 rings (SSSR count). The Labute approximate surface area is 91.9 Å². The van der Waals surface area contributed by atoms with Gasteiger partial charge in [-0.2, -0.15) is 9.61 Å². The standard InChI is InChI=1S/C10H12N4O2/c1-3-11-8-5-7(10(15)16)12-9-4-6(2)13-14(8)9/h4-5,11H,3H2,1-2H3,(H,15,16). The van der Waals surface area contributed by atoms with Crippen molar-refractivity contribution in [3.05, 3.63) is 23.5 Å². The van der Waals surface area contributed by atoms with Crippen LogP contribution in [0.3, 0.4) is 0 Å². The summed E-state index contributed by atoms with van der Waals surface area (Å²) in [5, 5.41) is 16.2. The Morgan fingerprint density at radius 3 is 2.94 bits per heavy atom. The molecule has 0 amide bonds. The fraction of sp³-hybridized carbons (Fsp3) is 0.300. The van der Waals surface area contributed by atoms with Gasteiger partial charge in [-0.15, -0.1) is 0 Å². The second-order valence-corrected chi connectivity index (χ2v) is 3.42. The predicted molar refractivity (Wildman–Crippen MR) is 58.8 cm³/mol. The summed E-state index contributed by atoms with van der Waals surface area (Å²) in [5.41, 5.74) is 1.35. The molecule has 0 spiro atoms. The zero-order valence-electron chi connectivity index (χ0n) is 9.06. The number of aromatic carboxylic acids is 1. The van der Waals surface area contributed by atoms with Gasteiger partial charge in [-0.05, 0) is 13.8 Å². The Balaban J connectivity index is 2.67. The molecular weight excluding hydrogens is 208 g/mol. The summed E-state index contributed by atoms with van der Waals surface area (Å²) in [5.74, 6) is -0.404. The van der Waals surface area contributed by atoms with Crippen molar-refractivity contribution in [1.82, 2.24) is 14.6 Å². The van der Waals surface area contributed by atoms with E-state index in [4.69, 9.17) is 5.11 Å². The minimum Gasteiger partial charge on any atom is -0.477 e. The molecule has 2 N–H and O–H groups in total. The SMILES string of the molecule is CCNc1cc(C(=O)O)nc2cc(C)nn12. The Kier molecular flexibility index (Phi) is 2.47. The maximum absolute atomic E-state index is 10.9. The molecule has 0 saturated heterocycles. The second kappa shape index (κ2) is 3.80. The number of carboxylic acid groups (broad SMARTS) is 1. The average molecular weight is 220 g/mol. The van der Waals surface area contributed by atoms with Crippen molar-refractivity contribution in [1.29, 1.82) is 0 Å². The van der Waals surface area contributed by atoms with E-state index in [1.165, 1.54) is 6.07 Å². The number of aromatic nitrogens is 3. The fourth-order valence-corrected chi connectivity index (χ4v) is 1.51. The van der Waals surface area contributed by atoms with Gasteiger partial charge in [0.25, 0.3) is 0 Å². The summed E-state index contributed by atoms with van der Waals surface area (Å²) >= 11 is 0. The molecule has 6 nitrogen and oxygen atoms in total. The lowest BCUT2D eigenvalue weighted by molar-refractivity contribution is 0.0690. The number of nitrogens with one attached hydrogen (secondary N) is 1. The van der Waals surface area contributed by atoms with Crippen LogP contribution in [0.25, 0.3) is 5.65 Å². The summed E-state index contributed by atoms with van der Waals surface area (Å²) in [4.78, 5) is 14.9.